The van der Waals surface area contributed by atoms with Crippen molar-refractivity contribution in [2.45, 2.75) is 6.42 Å². The van der Waals surface area contributed by atoms with Gasteiger partial charge in [0.15, 0.2) is 0 Å². The first-order valence-electron chi connectivity index (χ1n) is 5.40. The predicted molar refractivity (Wildman–Crippen MR) is 72.2 cm³/mol. The summed E-state index contributed by atoms with van der Waals surface area (Å²) in [6.45, 7) is 0.427. The Morgan fingerprint density at radius 3 is 2.61 bits per heavy atom. The van der Waals surface area contributed by atoms with Crippen LogP contribution in [0.1, 0.15) is 16.8 Å². The van der Waals surface area contributed by atoms with Crippen LogP contribution in [-0.4, -0.2) is 32.9 Å². The number of primary amides is 1. The van der Waals surface area contributed by atoms with Crippen LogP contribution in [0.25, 0.3) is 0 Å². The molecule has 100 valence electrons. The Balaban J connectivity index is 2.66. The maximum absolute atomic E-state index is 11.2. The number of hydrogen-bond acceptors (Lipinski definition) is 5. The number of benzene rings is 1. The number of amides is 1. The second-order valence-corrected chi connectivity index (χ2v) is 6.34. The number of carbonyl (C=O) groups is 1. The summed E-state index contributed by atoms with van der Waals surface area (Å²) in [6, 6.07) is 4.72. The van der Waals surface area contributed by atoms with Crippen molar-refractivity contribution < 1.29 is 13.2 Å². The Kier molecular flexibility index (Phi) is 4.55. The molecule has 0 unspecified atom stereocenters. The highest BCUT2D eigenvalue weighted by molar-refractivity contribution is 7.90. The minimum absolute atomic E-state index is 0.0915. The minimum Gasteiger partial charge on any atom is -0.399 e. The van der Waals surface area contributed by atoms with Crippen molar-refractivity contribution in [3.8, 4) is 0 Å². The van der Waals surface area contributed by atoms with Crippen LogP contribution < -0.4 is 16.8 Å². The van der Waals surface area contributed by atoms with Crippen LogP contribution in [0.4, 0.5) is 11.4 Å². The highest BCUT2D eigenvalue weighted by Gasteiger charge is 2.08. The molecule has 1 aromatic rings. The molecule has 0 atom stereocenters. The van der Waals surface area contributed by atoms with E-state index >= 15 is 0 Å². The molecular weight excluding hydrogens is 254 g/mol. The van der Waals surface area contributed by atoms with Crippen LogP contribution in [-0.2, 0) is 9.84 Å². The first-order valence-corrected chi connectivity index (χ1v) is 7.46. The first kappa shape index (κ1) is 14.3. The average Bonchev–Trinajstić information content (AvgIpc) is 2.22. The second-order valence-electron chi connectivity index (χ2n) is 4.08. The Morgan fingerprint density at radius 2 is 2.06 bits per heavy atom. The van der Waals surface area contributed by atoms with E-state index in [0.29, 0.717) is 29.9 Å². The summed E-state index contributed by atoms with van der Waals surface area (Å²) in [6.07, 6.45) is 1.63. The Labute approximate surface area is 106 Å². The number of nitrogens with one attached hydrogen (secondary N) is 1. The standard InChI is InChI=1S/C11H17N3O3S/c1-18(16,17)6-2-5-14-10-7-8(12)3-4-9(10)11(13)15/h3-4,7,14H,2,5-6,12H2,1H3,(H2,13,15). The molecule has 0 spiro atoms. The van der Waals surface area contributed by atoms with Crippen LogP contribution in [0.5, 0.6) is 0 Å². The van der Waals surface area contributed by atoms with Crippen LogP contribution in [0.3, 0.4) is 0 Å². The third-order valence-electron chi connectivity index (χ3n) is 2.32. The molecule has 0 aromatic heterocycles. The predicted octanol–water partition coefficient (Wildman–Crippen LogP) is 0.214. The van der Waals surface area contributed by atoms with Gasteiger partial charge < -0.3 is 16.8 Å². The van der Waals surface area contributed by atoms with Gasteiger partial charge >= 0.3 is 0 Å². The first-order chi connectivity index (χ1) is 8.29. The number of nitrogens with two attached hydrogens (primary N) is 2. The monoisotopic (exact) mass is 271 g/mol. The van der Waals surface area contributed by atoms with E-state index in [2.05, 4.69) is 5.32 Å². The molecule has 5 N–H and O–H groups in total. The number of sulfone groups is 1. The van der Waals surface area contributed by atoms with Gasteiger partial charge in [0.25, 0.3) is 5.91 Å². The van der Waals surface area contributed by atoms with E-state index in [4.69, 9.17) is 11.5 Å². The molecule has 18 heavy (non-hydrogen) atoms. The fourth-order valence-electron chi connectivity index (χ4n) is 1.48. The van der Waals surface area contributed by atoms with Crippen molar-refractivity contribution >= 4 is 27.1 Å². The van der Waals surface area contributed by atoms with Gasteiger partial charge in [-0.05, 0) is 24.6 Å². The van der Waals surface area contributed by atoms with Crippen LogP contribution in [0, 0.1) is 0 Å². The van der Waals surface area contributed by atoms with Gasteiger partial charge in [-0.1, -0.05) is 0 Å². The fraction of sp³-hybridized carbons (Fsp3) is 0.364. The molecule has 0 saturated carbocycles. The lowest BCUT2D eigenvalue weighted by Crippen LogP contribution is -2.16. The highest BCUT2D eigenvalue weighted by atomic mass is 32.2. The zero-order valence-corrected chi connectivity index (χ0v) is 11.0. The third kappa shape index (κ3) is 4.62. The number of anilines is 2. The van der Waals surface area contributed by atoms with E-state index in [1.807, 2.05) is 0 Å². The fourth-order valence-corrected chi connectivity index (χ4v) is 2.15. The molecule has 0 aliphatic carbocycles. The molecule has 0 aliphatic heterocycles. The molecule has 0 radical (unpaired) electrons. The van der Waals surface area contributed by atoms with Crippen LogP contribution in [0.15, 0.2) is 18.2 Å². The van der Waals surface area contributed by atoms with Gasteiger partial charge in [0.1, 0.15) is 9.84 Å². The summed E-state index contributed by atoms with van der Waals surface area (Å²) in [7, 11) is -2.97. The van der Waals surface area contributed by atoms with E-state index in [0.717, 1.165) is 0 Å². The van der Waals surface area contributed by atoms with Gasteiger partial charge in [-0.3, -0.25) is 4.79 Å². The Bertz CT molecular complexity index is 540. The molecule has 0 aliphatic rings. The Hall–Kier alpha value is -1.76. The van der Waals surface area contributed by atoms with Crippen molar-refractivity contribution in [1.82, 2.24) is 0 Å². The smallest absolute Gasteiger partial charge is 0.250 e. The molecule has 0 fully saturated rings. The minimum atomic E-state index is -2.97. The molecule has 1 rings (SSSR count). The lowest BCUT2D eigenvalue weighted by Gasteiger charge is -2.10. The van der Waals surface area contributed by atoms with Crippen molar-refractivity contribution in [3.05, 3.63) is 23.8 Å². The average molecular weight is 271 g/mol. The van der Waals surface area contributed by atoms with Gasteiger partial charge in [-0.25, -0.2) is 8.42 Å². The van der Waals surface area contributed by atoms with E-state index in [9.17, 15) is 13.2 Å². The van der Waals surface area contributed by atoms with E-state index in [1.54, 1.807) is 12.1 Å². The lowest BCUT2D eigenvalue weighted by atomic mass is 10.1. The zero-order valence-electron chi connectivity index (χ0n) is 10.1. The second kappa shape index (κ2) is 5.72. The summed E-state index contributed by atoms with van der Waals surface area (Å²) in [5.74, 6) is -0.463. The summed E-state index contributed by atoms with van der Waals surface area (Å²) < 4.78 is 21.9. The van der Waals surface area contributed by atoms with Crippen LogP contribution >= 0.6 is 0 Å². The van der Waals surface area contributed by atoms with Crippen molar-refractivity contribution in [2.24, 2.45) is 5.73 Å². The molecule has 1 aromatic carbocycles. The van der Waals surface area contributed by atoms with Crippen LogP contribution in [0.2, 0.25) is 0 Å². The number of rotatable bonds is 6. The van der Waals surface area contributed by atoms with Gasteiger partial charge in [-0.15, -0.1) is 0 Å². The number of nitrogen functional groups attached to an aromatic ring is 1. The molecule has 1 amide bonds. The van der Waals surface area contributed by atoms with Crippen molar-refractivity contribution in [2.75, 3.05) is 29.6 Å². The van der Waals surface area contributed by atoms with E-state index < -0.39 is 15.7 Å². The summed E-state index contributed by atoms with van der Waals surface area (Å²) in [5.41, 5.74) is 12.2. The Morgan fingerprint density at radius 1 is 1.39 bits per heavy atom. The quantitative estimate of drug-likeness (QED) is 0.505. The summed E-state index contributed by atoms with van der Waals surface area (Å²) in [4.78, 5) is 11.2. The molecule has 0 heterocycles. The largest absolute Gasteiger partial charge is 0.399 e. The van der Waals surface area contributed by atoms with Gasteiger partial charge in [0.05, 0.1) is 11.3 Å². The topological polar surface area (TPSA) is 115 Å². The third-order valence-corrected chi connectivity index (χ3v) is 3.35. The maximum Gasteiger partial charge on any atom is 0.250 e. The highest BCUT2D eigenvalue weighted by Crippen LogP contribution is 2.18. The molecular formula is C11H17N3O3S. The lowest BCUT2D eigenvalue weighted by molar-refractivity contribution is 0.100. The number of carbonyl (C=O) groups excluding carboxylic acids is 1. The van der Waals surface area contributed by atoms with E-state index in [-0.39, 0.29) is 5.75 Å². The summed E-state index contributed by atoms with van der Waals surface area (Å²) in [5, 5.41) is 2.96. The summed E-state index contributed by atoms with van der Waals surface area (Å²) >= 11 is 0. The normalized spacial score (nSPS) is 11.2. The van der Waals surface area contributed by atoms with Crippen molar-refractivity contribution in [1.29, 1.82) is 0 Å². The van der Waals surface area contributed by atoms with E-state index in [1.165, 1.54) is 12.3 Å². The number of hydrogen-bond donors (Lipinski definition) is 3. The maximum atomic E-state index is 11.2. The van der Waals surface area contributed by atoms with Crippen molar-refractivity contribution in [3.63, 3.8) is 0 Å². The molecule has 7 heteroatoms. The molecule has 0 bridgehead atoms. The SMILES string of the molecule is CS(=O)(=O)CCCNc1cc(N)ccc1C(N)=O. The van der Waals surface area contributed by atoms with Gasteiger partial charge in [-0.2, -0.15) is 0 Å². The molecule has 6 nitrogen and oxygen atoms in total. The van der Waals surface area contributed by atoms with Gasteiger partial charge in [0, 0.05) is 24.2 Å². The van der Waals surface area contributed by atoms with Gasteiger partial charge in [0.2, 0.25) is 0 Å². The molecule has 0 saturated heterocycles. The zero-order chi connectivity index (χ0) is 13.8.